The van der Waals surface area contributed by atoms with E-state index in [0.717, 1.165) is 0 Å². The van der Waals surface area contributed by atoms with Gasteiger partial charge in [-0.2, -0.15) is 10.5 Å². The van der Waals surface area contributed by atoms with Gasteiger partial charge in [-0.05, 0) is 0 Å². The SMILES string of the molecule is CC#N.CC#N.F[B-](F)(F)F.F[B-](F)(F)F.[Pd+2]. The van der Waals surface area contributed by atoms with Gasteiger partial charge in [0.05, 0.1) is 12.1 Å². The number of nitrogens with zero attached hydrogens (tertiary/aromatic N) is 2. The predicted octanol–water partition coefficient (Wildman–Crippen LogP) is 3.66. The number of rotatable bonds is 0. The first kappa shape index (κ1) is 29.8. The molecule has 0 aliphatic carbocycles. The zero-order valence-corrected chi connectivity index (χ0v) is 9.94. The van der Waals surface area contributed by atoms with Gasteiger partial charge in [0.25, 0.3) is 0 Å². The van der Waals surface area contributed by atoms with Gasteiger partial charge in [-0.25, -0.2) is 0 Å². The van der Waals surface area contributed by atoms with Gasteiger partial charge in [-0.1, -0.05) is 0 Å². The summed E-state index contributed by atoms with van der Waals surface area (Å²) in [5, 5.41) is 14.6. The molecule has 17 heavy (non-hydrogen) atoms. The van der Waals surface area contributed by atoms with E-state index in [4.69, 9.17) is 10.5 Å². The zero-order valence-electron chi connectivity index (χ0n) is 8.39. The maximum absolute atomic E-state index is 9.75. The molecule has 0 radical (unpaired) electrons. The maximum atomic E-state index is 9.75. The van der Waals surface area contributed by atoms with E-state index in [1.54, 1.807) is 12.1 Å². The average Bonchev–Trinajstić information content (AvgIpc) is 1.79. The van der Waals surface area contributed by atoms with E-state index in [0.29, 0.717) is 0 Å². The Morgan fingerprint density at radius 3 is 0.647 bits per heavy atom. The minimum absolute atomic E-state index is 0. The van der Waals surface area contributed by atoms with Crippen molar-refractivity contribution in [2.45, 2.75) is 13.8 Å². The zero-order chi connectivity index (χ0) is 14.4. The third-order valence-corrected chi connectivity index (χ3v) is 0. The Balaban J connectivity index is -0.0000000381. The summed E-state index contributed by atoms with van der Waals surface area (Å²) in [6.07, 6.45) is 0. The van der Waals surface area contributed by atoms with Crippen molar-refractivity contribution in [2.75, 3.05) is 0 Å². The first-order valence-electron chi connectivity index (χ1n) is 3.19. The molecule has 13 heteroatoms. The second-order valence-corrected chi connectivity index (χ2v) is 1.44. The molecule has 0 aromatic heterocycles. The van der Waals surface area contributed by atoms with Crippen molar-refractivity contribution >= 4 is 14.5 Å². The summed E-state index contributed by atoms with van der Waals surface area (Å²) < 4.78 is 78.0. The summed E-state index contributed by atoms with van der Waals surface area (Å²) >= 11 is 0. The Morgan fingerprint density at radius 1 is 0.647 bits per heavy atom. The number of hydrogen-bond donors (Lipinski definition) is 0. The van der Waals surface area contributed by atoms with Crippen LogP contribution in [0.4, 0.5) is 34.5 Å². The topological polar surface area (TPSA) is 47.6 Å². The van der Waals surface area contributed by atoms with Crippen molar-refractivity contribution < 1.29 is 54.9 Å². The Bertz CT molecular complexity index is 180. The Labute approximate surface area is 106 Å². The first-order chi connectivity index (χ1) is 6.83. The quantitative estimate of drug-likeness (QED) is 0.488. The second kappa shape index (κ2) is 17.6. The molecule has 0 heterocycles. The predicted molar refractivity (Wildman–Crippen MR) is 42.9 cm³/mol. The van der Waals surface area contributed by atoms with Gasteiger partial charge in [0.1, 0.15) is 0 Å². The normalized spacial score (nSPS) is 8.00. The number of nitriles is 2. The molecule has 2 nitrogen and oxygen atoms in total. The van der Waals surface area contributed by atoms with Crippen molar-refractivity contribution in [3.63, 3.8) is 0 Å². The van der Waals surface area contributed by atoms with Crippen LogP contribution >= 0.6 is 0 Å². The fraction of sp³-hybridized carbons (Fsp3) is 0.500. The molecular formula is C4H6B2F8N2Pd. The Kier molecular flexibility index (Phi) is 30.9. The van der Waals surface area contributed by atoms with E-state index in [9.17, 15) is 34.5 Å². The smallest absolute Gasteiger partial charge is 0.418 e. The van der Waals surface area contributed by atoms with Crippen LogP contribution in [0.2, 0.25) is 0 Å². The fourth-order valence-electron chi connectivity index (χ4n) is 0. The molecule has 104 valence electrons. The molecule has 0 aliphatic rings. The molecule has 0 aliphatic heterocycles. The Hall–Kier alpha value is -0.788. The summed E-state index contributed by atoms with van der Waals surface area (Å²) in [7, 11) is -12.0. The first-order valence-corrected chi connectivity index (χ1v) is 3.19. The monoisotopic (exact) mass is 362 g/mol. The summed E-state index contributed by atoms with van der Waals surface area (Å²) in [6.45, 7) is 2.86. The van der Waals surface area contributed by atoms with Gasteiger partial charge in [0.15, 0.2) is 0 Å². The third kappa shape index (κ3) is 4280. The number of hydrogen-bond acceptors (Lipinski definition) is 2. The number of halogens is 8. The molecule has 0 aromatic carbocycles. The van der Waals surface area contributed by atoms with Gasteiger partial charge >= 0.3 is 34.9 Å². The standard InChI is InChI=1S/2C2H3N.2BF4.Pd/c2*1-2-3;2*2-1(3,4)5;/h2*1H3;;;/q;;2*-1;+2. The van der Waals surface area contributed by atoms with Crippen molar-refractivity contribution in [1.29, 1.82) is 10.5 Å². The van der Waals surface area contributed by atoms with Crippen molar-refractivity contribution in [2.24, 2.45) is 0 Å². The van der Waals surface area contributed by atoms with E-state index in [2.05, 4.69) is 0 Å². The van der Waals surface area contributed by atoms with Crippen LogP contribution in [-0.2, 0) is 20.4 Å². The van der Waals surface area contributed by atoms with Crippen LogP contribution in [0, 0.1) is 22.7 Å². The molecule has 0 saturated heterocycles. The van der Waals surface area contributed by atoms with E-state index >= 15 is 0 Å². The van der Waals surface area contributed by atoms with Crippen LogP contribution in [0.1, 0.15) is 13.8 Å². The maximum Gasteiger partial charge on any atom is 2.00 e. The minimum atomic E-state index is -6.00. The van der Waals surface area contributed by atoms with Gasteiger partial charge in [-0.15, -0.1) is 0 Å². The van der Waals surface area contributed by atoms with Crippen LogP contribution < -0.4 is 0 Å². The second-order valence-electron chi connectivity index (χ2n) is 1.44. The molecule has 0 rings (SSSR count). The molecule has 0 aromatic rings. The summed E-state index contributed by atoms with van der Waals surface area (Å²) in [6, 6.07) is 3.50. The fourth-order valence-corrected chi connectivity index (χ4v) is 0. The van der Waals surface area contributed by atoms with E-state index in [1.165, 1.54) is 13.8 Å². The van der Waals surface area contributed by atoms with Crippen LogP contribution in [0.15, 0.2) is 0 Å². The molecule has 0 amide bonds. The van der Waals surface area contributed by atoms with E-state index in [-0.39, 0.29) is 20.4 Å². The van der Waals surface area contributed by atoms with Gasteiger partial charge in [-0.3, -0.25) is 0 Å². The van der Waals surface area contributed by atoms with Crippen molar-refractivity contribution in [3.05, 3.63) is 0 Å². The van der Waals surface area contributed by atoms with Crippen molar-refractivity contribution in [1.82, 2.24) is 0 Å². The largest absolute Gasteiger partial charge is 2.00 e. The molecule has 0 N–H and O–H groups in total. The third-order valence-electron chi connectivity index (χ3n) is 0. The van der Waals surface area contributed by atoms with Crippen LogP contribution in [0.3, 0.4) is 0 Å². The molecule has 0 saturated carbocycles. The summed E-state index contributed by atoms with van der Waals surface area (Å²) in [5.41, 5.74) is 0. The summed E-state index contributed by atoms with van der Waals surface area (Å²) in [5.74, 6) is 0. The van der Waals surface area contributed by atoms with Crippen LogP contribution in [0.5, 0.6) is 0 Å². The molecule has 0 fully saturated rings. The van der Waals surface area contributed by atoms with Gasteiger partial charge in [0, 0.05) is 13.8 Å². The van der Waals surface area contributed by atoms with Gasteiger partial charge < -0.3 is 34.5 Å². The molecular weight excluding hydrogens is 356 g/mol. The van der Waals surface area contributed by atoms with E-state index < -0.39 is 14.5 Å². The molecule has 0 atom stereocenters. The Morgan fingerprint density at radius 2 is 0.647 bits per heavy atom. The minimum Gasteiger partial charge on any atom is -0.418 e. The van der Waals surface area contributed by atoms with Crippen molar-refractivity contribution in [3.8, 4) is 12.1 Å². The van der Waals surface area contributed by atoms with Crippen LogP contribution in [0.25, 0.3) is 0 Å². The molecule has 0 spiro atoms. The molecule has 0 bridgehead atoms. The van der Waals surface area contributed by atoms with Gasteiger partial charge in [0.2, 0.25) is 0 Å². The van der Waals surface area contributed by atoms with Crippen LogP contribution in [-0.4, -0.2) is 14.5 Å². The molecule has 0 unspecified atom stereocenters. The van der Waals surface area contributed by atoms with E-state index in [1.807, 2.05) is 0 Å². The summed E-state index contributed by atoms with van der Waals surface area (Å²) in [4.78, 5) is 0. The average molecular weight is 362 g/mol.